The molecule has 0 saturated heterocycles. The first kappa shape index (κ1) is 17.1. The van der Waals surface area contributed by atoms with Crippen LogP contribution in [0.3, 0.4) is 0 Å². The molecule has 0 spiro atoms. The molecule has 6 heteroatoms. The lowest BCUT2D eigenvalue weighted by Crippen LogP contribution is -2.27. The summed E-state index contributed by atoms with van der Waals surface area (Å²) < 4.78 is 5.38. The highest BCUT2D eigenvalue weighted by Gasteiger charge is 2.14. The number of amides is 1. The Bertz CT molecular complexity index is 463. The second-order valence-electron chi connectivity index (χ2n) is 4.73. The van der Waals surface area contributed by atoms with E-state index < -0.39 is 4.92 Å². The Balaban J connectivity index is 2.27. The van der Waals surface area contributed by atoms with Gasteiger partial charge in [0.25, 0.3) is 5.69 Å². The standard InChI is InChI=1S/C15H22N2O4/c1-2-3-10-21-11-6-9-16-15(18)12-13-7-4-5-8-14(13)17(19)20/h4-5,7-8H,2-3,6,9-12H2,1H3,(H,16,18). The molecule has 0 saturated carbocycles. The first-order valence-corrected chi connectivity index (χ1v) is 7.22. The summed E-state index contributed by atoms with van der Waals surface area (Å²) in [6.07, 6.45) is 2.91. The highest BCUT2D eigenvalue weighted by Crippen LogP contribution is 2.17. The van der Waals surface area contributed by atoms with Gasteiger partial charge >= 0.3 is 0 Å². The minimum Gasteiger partial charge on any atom is -0.381 e. The van der Waals surface area contributed by atoms with Gasteiger partial charge in [-0.2, -0.15) is 0 Å². The molecule has 0 aromatic heterocycles. The zero-order chi connectivity index (χ0) is 15.5. The Kier molecular flexibility index (Phi) is 8.04. The predicted octanol–water partition coefficient (Wildman–Crippen LogP) is 2.46. The van der Waals surface area contributed by atoms with Gasteiger partial charge in [0, 0.05) is 31.4 Å². The molecule has 116 valence electrons. The maximum absolute atomic E-state index is 11.7. The molecule has 0 aliphatic carbocycles. The molecule has 1 rings (SSSR count). The van der Waals surface area contributed by atoms with Crippen LogP contribution in [0.5, 0.6) is 0 Å². The Morgan fingerprint density at radius 2 is 2.00 bits per heavy atom. The summed E-state index contributed by atoms with van der Waals surface area (Å²) in [6, 6.07) is 6.29. The smallest absolute Gasteiger partial charge is 0.273 e. The number of hydrogen-bond donors (Lipinski definition) is 1. The number of rotatable bonds is 10. The molecule has 1 N–H and O–H groups in total. The first-order valence-electron chi connectivity index (χ1n) is 7.22. The van der Waals surface area contributed by atoms with Crippen LogP contribution in [0.4, 0.5) is 5.69 Å². The van der Waals surface area contributed by atoms with Gasteiger partial charge in [-0.3, -0.25) is 14.9 Å². The summed E-state index contributed by atoms with van der Waals surface area (Å²) in [5, 5.41) is 13.6. The van der Waals surface area contributed by atoms with E-state index in [0.717, 1.165) is 25.9 Å². The van der Waals surface area contributed by atoms with Crippen LogP contribution >= 0.6 is 0 Å². The Morgan fingerprint density at radius 3 is 2.71 bits per heavy atom. The van der Waals surface area contributed by atoms with Gasteiger partial charge in [0.05, 0.1) is 11.3 Å². The van der Waals surface area contributed by atoms with E-state index in [1.807, 2.05) is 0 Å². The number of benzene rings is 1. The zero-order valence-electron chi connectivity index (χ0n) is 12.3. The fourth-order valence-corrected chi connectivity index (χ4v) is 1.82. The summed E-state index contributed by atoms with van der Waals surface area (Å²) in [6.45, 7) is 3.99. The fraction of sp³-hybridized carbons (Fsp3) is 0.533. The molecule has 0 aliphatic heterocycles. The van der Waals surface area contributed by atoms with Crippen molar-refractivity contribution in [3.8, 4) is 0 Å². The van der Waals surface area contributed by atoms with Gasteiger partial charge in [0.15, 0.2) is 0 Å². The van der Waals surface area contributed by atoms with Crippen LogP contribution in [0.25, 0.3) is 0 Å². The van der Waals surface area contributed by atoms with E-state index in [-0.39, 0.29) is 18.0 Å². The quantitative estimate of drug-likeness (QED) is 0.408. The van der Waals surface area contributed by atoms with Crippen LogP contribution in [-0.2, 0) is 16.0 Å². The van der Waals surface area contributed by atoms with Crippen molar-refractivity contribution in [1.29, 1.82) is 0 Å². The molecular formula is C15H22N2O4. The number of carbonyl (C=O) groups excluding carboxylic acids is 1. The number of nitrogens with zero attached hydrogens (tertiary/aromatic N) is 1. The predicted molar refractivity (Wildman–Crippen MR) is 80.2 cm³/mol. The Labute approximate surface area is 124 Å². The average Bonchev–Trinajstić information content (AvgIpc) is 2.46. The zero-order valence-corrected chi connectivity index (χ0v) is 12.3. The Morgan fingerprint density at radius 1 is 1.29 bits per heavy atom. The maximum atomic E-state index is 11.7. The molecule has 0 bridgehead atoms. The molecular weight excluding hydrogens is 272 g/mol. The van der Waals surface area contributed by atoms with Crippen molar-refractivity contribution in [1.82, 2.24) is 5.32 Å². The SMILES string of the molecule is CCCCOCCCNC(=O)Cc1ccccc1[N+](=O)[O-]. The number of nitrogens with one attached hydrogen (secondary N) is 1. The van der Waals surface area contributed by atoms with E-state index in [9.17, 15) is 14.9 Å². The van der Waals surface area contributed by atoms with Gasteiger partial charge in [-0.25, -0.2) is 0 Å². The molecule has 0 radical (unpaired) electrons. The second kappa shape index (κ2) is 9.88. The average molecular weight is 294 g/mol. The molecule has 0 fully saturated rings. The second-order valence-corrected chi connectivity index (χ2v) is 4.73. The van der Waals surface area contributed by atoms with E-state index in [1.54, 1.807) is 18.2 Å². The van der Waals surface area contributed by atoms with Crippen molar-refractivity contribution in [3.05, 3.63) is 39.9 Å². The summed E-state index contributed by atoms with van der Waals surface area (Å²) in [7, 11) is 0. The topological polar surface area (TPSA) is 81.5 Å². The molecule has 6 nitrogen and oxygen atoms in total. The summed E-state index contributed by atoms with van der Waals surface area (Å²) in [5.74, 6) is -0.210. The molecule has 21 heavy (non-hydrogen) atoms. The van der Waals surface area contributed by atoms with Crippen molar-refractivity contribution in [2.45, 2.75) is 32.6 Å². The molecule has 1 aromatic rings. The molecule has 0 aliphatic rings. The van der Waals surface area contributed by atoms with Crippen LogP contribution in [-0.4, -0.2) is 30.6 Å². The summed E-state index contributed by atoms with van der Waals surface area (Å²) in [5.41, 5.74) is 0.412. The third kappa shape index (κ3) is 6.85. The molecule has 0 atom stereocenters. The van der Waals surface area contributed by atoms with E-state index in [1.165, 1.54) is 6.07 Å². The Hall–Kier alpha value is -1.95. The van der Waals surface area contributed by atoms with Gasteiger partial charge in [-0.1, -0.05) is 31.5 Å². The fourth-order valence-electron chi connectivity index (χ4n) is 1.82. The van der Waals surface area contributed by atoms with Gasteiger partial charge in [-0.05, 0) is 12.8 Å². The highest BCUT2D eigenvalue weighted by atomic mass is 16.6. The lowest BCUT2D eigenvalue weighted by molar-refractivity contribution is -0.385. The van der Waals surface area contributed by atoms with Gasteiger partial charge in [0.2, 0.25) is 5.91 Å². The number of unbranched alkanes of at least 4 members (excludes halogenated alkanes) is 1. The van der Waals surface area contributed by atoms with Crippen LogP contribution in [0, 0.1) is 10.1 Å². The molecule has 0 heterocycles. The van der Waals surface area contributed by atoms with Crippen LogP contribution in [0.1, 0.15) is 31.7 Å². The summed E-state index contributed by atoms with van der Waals surface area (Å²) in [4.78, 5) is 22.1. The lowest BCUT2D eigenvalue weighted by Gasteiger charge is -2.06. The maximum Gasteiger partial charge on any atom is 0.273 e. The van der Waals surface area contributed by atoms with Crippen molar-refractivity contribution >= 4 is 11.6 Å². The van der Waals surface area contributed by atoms with Crippen molar-refractivity contribution in [2.75, 3.05) is 19.8 Å². The lowest BCUT2D eigenvalue weighted by atomic mass is 10.1. The third-order valence-electron chi connectivity index (χ3n) is 2.97. The molecule has 1 aromatic carbocycles. The van der Waals surface area contributed by atoms with Crippen molar-refractivity contribution in [3.63, 3.8) is 0 Å². The van der Waals surface area contributed by atoms with Crippen LogP contribution in [0.2, 0.25) is 0 Å². The van der Waals surface area contributed by atoms with Gasteiger partial charge in [-0.15, -0.1) is 0 Å². The number of nitro groups is 1. The first-order chi connectivity index (χ1) is 10.1. The number of carbonyl (C=O) groups is 1. The highest BCUT2D eigenvalue weighted by molar-refractivity contribution is 5.79. The van der Waals surface area contributed by atoms with Gasteiger partial charge in [0.1, 0.15) is 0 Å². The van der Waals surface area contributed by atoms with Gasteiger partial charge < -0.3 is 10.1 Å². The number of ether oxygens (including phenoxy) is 1. The normalized spacial score (nSPS) is 10.3. The third-order valence-corrected chi connectivity index (χ3v) is 2.97. The van der Waals surface area contributed by atoms with Crippen LogP contribution in [0.15, 0.2) is 24.3 Å². The molecule has 0 unspecified atom stereocenters. The van der Waals surface area contributed by atoms with Crippen LogP contribution < -0.4 is 5.32 Å². The largest absolute Gasteiger partial charge is 0.381 e. The van der Waals surface area contributed by atoms with E-state index in [2.05, 4.69) is 12.2 Å². The minimum atomic E-state index is -0.468. The van der Waals surface area contributed by atoms with E-state index in [0.29, 0.717) is 18.7 Å². The monoisotopic (exact) mass is 294 g/mol. The molecule has 1 amide bonds. The van der Waals surface area contributed by atoms with Crippen molar-refractivity contribution < 1.29 is 14.5 Å². The number of para-hydroxylation sites is 1. The van der Waals surface area contributed by atoms with E-state index >= 15 is 0 Å². The van der Waals surface area contributed by atoms with E-state index in [4.69, 9.17) is 4.74 Å². The number of hydrogen-bond acceptors (Lipinski definition) is 4. The van der Waals surface area contributed by atoms with Crippen molar-refractivity contribution in [2.24, 2.45) is 0 Å². The minimum absolute atomic E-state index is 0.0180. The number of nitro benzene ring substituents is 1. The summed E-state index contributed by atoms with van der Waals surface area (Å²) >= 11 is 0.